The Kier molecular flexibility index (Phi) is 6.76. The van der Waals surface area contributed by atoms with E-state index in [1.807, 2.05) is 0 Å². The summed E-state index contributed by atoms with van der Waals surface area (Å²) in [7, 11) is -2.33. The molecule has 8 nitrogen and oxygen atoms in total. The standard InChI is InChI=1S/C21H24ClN3O5S/c1-14(25(31(3,28)29)17-10-11-19(30-2)18(22)13-17)21(27)23-15-6-8-16(9-7-15)24-12-4-5-20(24)26/h6-11,13-14H,4-5,12H2,1-3H3,(H,23,27)/t14-/m0/s1. The molecular weight excluding hydrogens is 442 g/mol. The number of anilines is 3. The molecule has 1 atom stereocenters. The lowest BCUT2D eigenvalue weighted by atomic mass is 10.2. The first-order chi connectivity index (χ1) is 14.6. The zero-order chi connectivity index (χ0) is 22.8. The molecular formula is C21H24ClN3O5S. The van der Waals surface area contributed by atoms with Crippen molar-refractivity contribution in [2.45, 2.75) is 25.8 Å². The minimum atomic E-state index is -3.79. The second-order valence-electron chi connectivity index (χ2n) is 7.24. The van der Waals surface area contributed by atoms with Crippen LogP contribution in [0.1, 0.15) is 19.8 Å². The molecule has 1 aliphatic heterocycles. The summed E-state index contributed by atoms with van der Waals surface area (Å²) in [5, 5.41) is 2.95. The average Bonchev–Trinajstić information content (AvgIpc) is 3.13. The van der Waals surface area contributed by atoms with Gasteiger partial charge >= 0.3 is 0 Å². The SMILES string of the molecule is COc1ccc(N([C@@H](C)C(=O)Nc2ccc(N3CCCC3=O)cc2)S(C)(=O)=O)cc1Cl. The number of nitrogens with zero attached hydrogens (tertiary/aromatic N) is 2. The van der Waals surface area contributed by atoms with Crippen molar-refractivity contribution in [3.63, 3.8) is 0 Å². The van der Waals surface area contributed by atoms with E-state index in [4.69, 9.17) is 16.3 Å². The number of nitrogens with one attached hydrogen (secondary N) is 1. The Morgan fingerprint density at radius 1 is 1.23 bits per heavy atom. The Bertz CT molecular complexity index is 1090. The molecule has 0 aliphatic carbocycles. The second-order valence-corrected chi connectivity index (χ2v) is 9.51. The molecule has 0 radical (unpaired) electrons. The maximum absolute atomic E-state index is 12.8. The highest BCUT2D eigenvalue weighted by atomic mass is 35.5. The molecule has 1 saturated heterocycles. The first-order valence-electron chi connectivity index (χ1n) is 9.66. The third-order valence-electron chi connectivity index (χ3n) is 5.00. The maximum Gasteiger partial charge on any atom is 0.247 e. The molecule has 0 unspecified atom stereocenters. The van der Waals surface area contributed by atoms with Crippen molar-refractivity contribution in [2.75, 3.05) is 34.4 Å². The second kappa shape index (κ2) is 9.15. The van der Waals surface area contributed by atoms with Crippen LogP contribution in [0.4, 0.5) is 17.1 Å². The third-order valence-corrected chi connectivity index (χ3v) is 6.54. The Balaban J connectivity index is 1.79. The van der Waals surface area contributed by atoms with Gasteiger partial charge in [0.15, 0.2) is 0 Å². The predicted molar refractivity (Wildman–Crippen MR) is 121 cm³/mol. The van der Waals surface area contributed by atoms with Gasteiger partial charge in [0.1, 0.15) is 11.8 Å². The quantitative estimate of drug-likeness (QED) is 0.677. The minimum absolute atomic E-state index is 0.0763. The highest BCUT2D eigenvalue weighted by Crippen LogP contribution is 2.31. The summed E-state index contributed by atoms with van der Waals surface area (Å²) in [5.74, 6) is -0.0396. The van der Waals surface area contributed by atoms with Crippen LogP contribution in [0.5, 0.6) is 5.75 Å². The Labute approximate surface area is 186 Å². The maximum atomic E-state index is 12.8. The number of benzene rings is 2. The monoisotopic (exact) mass is 465 g/mol. The molecule has 166 valence electrons. The lowest BCUT2D eigenvalue weighted by molar-refractivity contribution is -0.117. The Hall–Kier alpha value is -2.78. The summed E-state index contributed by atoms with van der Waals surface area (Å²) in [4.78, 5) is 26.4. The fourth-order valence-electron chi connectivity index (χ4n) is 3.49. The van der Waals surface area contributed by atoms with Gasteiger partial charge in [-0.3, -0.25) is 13.9 Å². The van der Waals surface area contributed by atoms with Crippen LogP contribution >= 0.6 is 11.6 Å². The number of halogens is 1. The molecule has 0 saturated carbocycles. The minimum Gasteiger partial charge on any atom is -0.495 e. The molecule has 0 bridgehead atoms. The summed E-state index contributed by atoms with van der Waals surface area (Å²) in [6.45, 7) is 2.17. The van der Waals surface area contributed by atoms with E-state index in [9.17, 15) is 18.0 Å². The summed E-state index contributed by atoms with van der Waals surface area (Å²) < 4.78 is 31.0. The number of methoxy groups -OCH3 is 1. The van der Waals surface area contributed by atoms with Crippen molar-refractivity contribution >= 4 is 50.5 Å². The number of ether oxygens (including phenoxy) is 1. The van der Waals surface area contributed by atoms with E-state index in [1.54, 1.807) is 35.2 Å². The number of carbonyl (C=O) groups excluding carboxylic acids is 2. The van der Waals surface area contributed by atoms with Crippen LogP contribution in [0, 0.1) is 0 Å². The largest absolute Gasteiger partial charge is 0.495 e. The van der Waals surface area contributed by atoms with E-state index in [2.05, 4.69) is 5.32 Å². The van der Waals surface area contributed by atoms with E-state index in [0.717, 1.165) is 22.7 Å². The molecule has 1 aliphatic rings. The molecule has 10 heteroatoms. The molecule has 0 aromatic heterocycles. The molecule has 2 aromatic rings. The van der Waals surface area contributed by atoms with Crippen LogP contribution < -0.4 is 19.3 Å². The topological polar surface area (TPSA) is 96.0 Å². The summed E-state index contributed by atoms with van der Waals surface area (Å²) in [6, 6.07) is 10.3. The van der Waals surface area contributed by atoms with Crippen molar-refractivity contribution in [1.82, 2.24) is 0 Å². The number of carbonyl (C=O) groups is 2. The molecule has 31 heavy (non-hydrogen) atoms. The molecule has 0 spiro atoms. The van der Waals surface area contributed by atoms with Gasteiger partial charge in [0.2, 0.25) is 21.8 Å². The smallest absolute Gasteiger partial charge is 0.247 e. The van der Waals surface area contributed by atoms with Gasteiger partial charge in [0.25, 0.3) is 0 Å². The highest BCUT2D eigenvalue weighted by Gasteiger charge is 2.30. The lowest BCUT2D eigenvalue weighted by Gasteiger charge is -2.28. The van der Waals surface area contributed by atoms with E-state index in [-0.39, 0.29) is 16.6 Å². The van der Waals surface area contributed by atoms with Crippen LogP contribution in [-0.4, -0.2) is 46.2 Å². The Morgan fingerprint density at radius 3 is 2.42 bits per heavy atom. The number of amides is 2. The zero-order valence-electron chi connectivity index (χ0n) is 17.5. The van der Waals surface area contributed by atoms with Gasteiger partial charge in [0.05, 0.1) is 24.1 Å². The fourth-order valence-corrected chi connectivity index (χ4v) is 4.91. The molecule has 1 heterocycles. The van der Waals surface area contributed by atoms with Crippen LogP contribution in [0.3, 0.4) is 0 Å². The number of rotatable bonds is 7. The summed E-state index contributed by atoms with van der Waals surface area (Å²) >= 11 is 6.14. The third kappa shape index (κ3) is 5.11. The van der Waals surface area contributed by atoms with Gasteiger partial charge in [-0.25, -0.2) is 8.42 Å². The van der Waals surface area contributed by atoms with Gasteiger partial charge in [-0.1, -0.05) is 11.6 Å². The molecule has 3 rings (SSSR count). The van der Waals surface area contributed by atoms with Crippen molar-refractivity contribution in [1.29, 1.82) is 0 Å². The van der Waals surface area contributed by atoms with Crippen LogP contribution in [0.2, 0.25) is 5.02 Å². The van der Waals surface area contributed by atoms with Crippen molar-refractivity contribution in [2.24, 2.45) is 0 Å². The van der Waals surface area contributed by atoms with E-state index in [1.165, 1.54) is 26.2 Å². The number of hydrogen-bond acceptors (Lipinski definition) is 5. The lowest BCUT2D eigenvalue weighted by Crippen LogP contribution is -2.45. The first-order valence-corrected chi connectivity index (χ1v) is 11.9. The first kappa shape index (κ1) is 22.9. The number of hydrogen-bond donors (Lipinski definition) is 1. The highest BCUT2D eigenvalue weighted by molar-refractivity contribution is 7.92. The van der Waals surface area contributed by atoms with Crippen molar-refractivity contribution < 1.29 is 22.7 Å². The molecule has 1 fully saturated rings. The van der Waals surface area contributed by atoms with Crippen LogP contribution in [0.15, 0.2) is 42.5 Å². The van der Waals surface area contributed by atoms with Crippen LogP contribution in [0.25, 0.3) is 0 Å². The molecule has 2 aromatic carbocycles. The van der Waals surface area contributed by atoms with Gasteiger partial charge in [-0.05, 0) is 55.8 Å². The number of sulfonamides is 1. The van der Waals surface area contributed by atoms with Gasteiger partial charge in [-0.2, -0.15) is 0 Å². The predicted octanol–water partition coefficient (Wildman–Crippen LogP) is 3.27. The normalized spacial score (nSPS) is 15.0. The average molecular weight is 466 g/mol. The van der Waals surface area contributed by atoms with Crippen molar-refractivity contribution in [3.8, 4) is 5.75 Å². The zero-order valence-corrected chi connectivity index (χ0v) is 19.0. The summed E-state index contributed by atoms with van der Waals surface area (Å²) in [5.41, 5.74) is 1.51. The fraction of sp³-hybridized carbons (Fsp3) is 0.333. The van der Waals surface area contributed by atoms with Crippen LogP contribution in [-0.2, 0) is 19.6 Å². The van der Waals surface area contributed by atoms with Gasteiger partial charge < -0.3 is 15.0 Å². The van der Waals surface area contributed by atoms with Crippen molar-refractivity contribution in [3.05, 3.63) is 47.5 Å². The van der Waals surface area contributed by atoms with Gasteiger partial charge in [-0.15, -0.1) is 0 Å². The van der Waals surface area contributed by atoms with E-state index in [0.29, 0.717) is 24.4 Å². The molecule has 2 amide bonds. The van der Waals surface area contributed by atoms with E-state index < -0.39 is 22.0 Å². The molecule has 1 N–H and O–H groups in total. The van der Waals surface area contributed by atoms with E-state index >= 15 is 0 Å². The van der Waals surface area contributed by atoms with Gasteiger partial charge in [0, 0.05) is 24.3 Å². The summed E-state index contributed by atoms with van der Waals surface area (Å²) in [6.07, 6.45) is 2.38. The Morgan fingerprint density at radius 2 is 1.90 bits per heavy atom.